The number of carbonyl (C=O) groups excluding carboxylic acids is 1. The Morgan fingerprint density at radius 1 is 1.55 bits per heavy atom. The highest BCUT2D eigenvalue weighted by molar-refractivity contribution is 8.26. The van der Waals surface area contributed by atoms with E-state index in [1.54, 1.807) is 17.7 Å². The van der Waals surface area contributed by atoms with Gasteiger partial charge >= 0.3 is 0 Å². The van der Waals surface area contributed by atoms with E-state index in [1.165, 1.54) is 11.8 Å². The molecule has 2 aliphatic rings. The number of hydrogen-bond acceptors (Lipinski definition) is 6. The summed E-state index contributed by atoms with van der Waals surface area (Å²) in [6, 6.07) is -0.255. The topological polar surface area (TPSA) is 81.1 Å². The number of thiocarbonyl (C=S) groups is 1. The van der Waals surface area contributed by atoms with Crippen LogP contribution >= 0.6 is 35.6 Å². The molecule has 0 bridgehead atoms. The van der Waals surface area contributed by atoms with Gasteiger partial charge in [-0.1, -0.05) is 35.6 Å². The zero-order valence-corrected chi connectivity index (χ0v) is 14.7. The molecule has 0 aliphatic carbocycles. The molecule has 1 amide bonds. The molecule has 1 aromatic heterocycles. The Labute approximate surface area is 142 Å². The molecule has 22 heavy (non-hydrogen) atoms. The number of aromatic nitrogens is 2. The quantitative estimate of drug-likeness (QED) is 0.624. The third kappa shape index (κ3) is 2.94. The molecule has 0 spiro atoms. The number of amides is 1. The molecule has 0 saturated carbocycles. The number of sulfone groups is 1. The predicted octanol–water partition coefficient (Wildman–Crippen LogP) is 1.69. The Morgan fingerprint density at radius 2 is 2.27 bits per heavy atom. The van der Waals surface area contributed by atoms with Crippen molar-refractivity contribution in [2.45, 2.75) is 19.4 Å². The molecule has 2 fully saturated rings. The second-order valence-electron chi connectivity index (χ2n) is 5.14. The summed E-state index contributed by atoms with van der Waals surface area (Å²) < 4.78 is 25.2. The molecule has 2 aliphatic heterocycles. The fourth-order valence-corrected chi connectivity index (χ4v) is 5.54. The molecule has 118 valence electrons. The summed E-state index contributed by atoms with van der Waals surface area (Å²) in [5, 5.41) is 7.23. The summed E-state index contributed by atoms with van der Waals surface area (Å²) in [6.07, 6.45) is 2.14. The van der Waals surface area contributed by atoms with Gasteiger partial charge in [-0.15, -0.1) is 0 Å². The summed E-state index contributed by atoms with van der Waals surface area (Å²) in [7, 11) is -3.02. The minimum absolute atomic E-state index is 0.0448. The zero-order chi connectivity index (χ0) is 16.1. The predicted molar refractivity (Wildman–Crippen MR) is 90.6 cm³/mol. The van der Waals surface area contributed by atoms with Gasteiger partial charge in [0.15, 0.2) is 9.84 Å². The fraction of sp³-hybridized carbons (Fsp3) is 0.417. The maximum atomic E-state index is 11.7. The molecule has 1 N–H and O–H groups in total. The van der Waals surface area contributed by atoms with Crippen molar-refractivity contribution in [3.63, 3.8) is 0 Å². The van der Waals surface area contributed by atoms with E-state index >= 15 is 0 Å². The van der Waals surface area contributed by atoms with Crippen LogP contribution in [-0.4, -0.2) is 39.9 Å². The van der Waals surface area contributed by atoms with Crippen LogP contribution in [0.2, 0.25) is 5.15 Å². The zero-order valence-electron chi connectivity index (χ0n) is 11.5. The maximum Gasteiger partial charge on any atom is 0.263 e. The largest absolute Gasteiger partial charge is 0.307 e. The van der Waals surface area contributed by atoms with Gasteiger partial charge in [0, 0.05) is 5.56 Å². The van der Waals surface area contributed by atoms with Crippen molar-refractivity contribution in [2.75, 3.05) is 11.5 Å². The van der Waals surface area contributed by atoms with Gasteiger partial charge in [0.25, 0.3) is 5.91 Å². The molecule has 1 atom stereocenters. The minimum Gasteiger partial charge on any atom is -0.307 e. The average Bonchev–Trinajstić information content (AvgIpc) is 3.02. The Morgan fingerprint density at radius 3 is 2.82 bits per heavy atom. The van der Waals surface area contributed by atoms with Gasteiger partial charge in [-0.05, 0) is 19.4 Å². The number of rotatable bonds is 2. The lowest BCUT2D eigenvalue weighted by Crippen LogP contribution is -2.17. The first-order chi connectivity index (χ1) is 10.3. The number of hydrogen-bond donors (Lipinski definition) is 1. The molecule has 1 aromatic rings. The number of thioether (sulfide) groups is 1. The molecule has 0 aromatic carbocycles. The van der Waals surface area contributed by atoms with Crippen LogP contribution in [0.4, 0.5) is 0 Å². The lowest BCUT2D eigenvalue weighted by molar-refractivity contribution is -0.115. The third-order valence-corrected chi connectivity index (χ3v) is 6.83. The van der Waals surface area contributed by atoms with Gasteiger partial charge < -0.3 is 5.32 Å². The monoisotopic (exact) mass is 377 g/mol. The van der Waals surface area contributed by atoms with Crippen molar-refractivity contribution < 1.29 is 13.2 Å². The van der Waals surface area contributed by atoms with E-state index < -0.39 is 9.84 Å². The standard InChI is InChI=1S/C12H12ClN3O3S3/c1-6-8(4-9-11(17)14-12(20)21-9)10(13)16(15-6)7-2-3-22(18,19)5-7/h4,7H,2-3,5H2,1H3,(H,14,17,20)/b9-4-/t7-/m0/s1. The summed E-state index contributed by atoms with van der Waals surface area (Å²) in [6.45, 7) is 1.77. The molecule has 0 unspecified atom stereocenters. The van der Waals surface area contributed by atoms with E-state index in [1.807, 2.05) is 0 Å². The maximum absolute atomic E-state index is 11.7. The summed E-state index contributed by atoms with van der Waals surface area (Å²) in [5.41, 5.74) is 1.27. The van der Waals surface area contributed by atoms with Gasteiger partial charge in [-0.3, -0.25) is 4.79 Å². The van der Waals surface area contributed by atoms with Crippen LogP contribution in [0.3, 0.4) is 0 Å². The third-order valence-electron chi connectivity index (χ3n) is 3.54. The second-order valence-corrected chi connectivity index (χ2v) is 9.45. The van der Waals surface area contributed by atoms with Crippen molar-refractivity contribution >= 4 is 61.7 Å². The van der Waals surface area contributed by atoms with Crippen molar-refractivity contribution in [1.82, 2.24) is 15.1 Å². The Hall–Kier alpha value is -0.900. The molecular formula is C12H12ClN3O3S3. The smallest absolute Gasteiger partial charge is 0.263 e. The molecule has 2 saturated heterocycles. The average molecular weight is 378 g/mol. The Kier molecular flexibility index (Phi) is 4.09. The molecule has 3 heterocycles. The normalized spacial score (nSPS) is 25.9. The lowest BCUT2D eigenvalue weighted by atomic mass is 10.2. The van der Waals surface area contributed by atoms with Crippen LogP contribution in [0.25, 0.3) is 6.08 Å². The molecule has 0 radical (unpaired) electrons. The van der Waals surface area contributed by atoms with Gasteiger partial charge in [0.1, 0.15) is 9.47 Å². The summed E-state index contributed by atoms with van der Waals surface area (Å²) in [5.74, 6) is -0.0689. The van der Waals surface area contributed by atoms with Gasteiger partial charge in [-0.25, -0.2) is 13.1 Å². The van der Waals surface area contributed by atoms with E-state index in [9.17, 15) is 13.2 Å². The molecule has 3 rings (SSSR count). The van der Waals surface area contributed by atoms with Crippen molar-refractivity contribution in [1.29, 1.82) is 0 Å². The first kappa shape index (κ1) is 16.0. The van der Waals surface area contributed by atoms with E-state index in [2.05, 4.69) is 10.4 Å². The summed E-state index contributed by atoms with van der Waals surface area (Å²) >= 11 is 12.5. The Balaban J connectivity index is 1.96. The van der Waals surface area contributed by atoms with E-state index in [0.717, 1.165) is 0 Å². The second kappa shape index (κ2) is 5.63. The molecule has 10 heteroatoms. The van der Waals surface area contributed by atoms with Gasteiger partial charge in [-0.2, -0.15) is 5.10 Å². The number of nitrogens with zero attached hydrogens (tertiary/aromatic N) is 2. The van der Waals surface area contributed by atoms with Crippen LogP contribution in [0, 0.1) is 6.92 Å². The van der Waals surface area contributed by atoms with Crippen LogP contribution in [-0.2, 0) is 14.6 Å². The SMILES string of the molecule is Cc1nn([C@H]2CCS(=O)(=O)C2)c(Cl)c1/C=C1\SC(=S)NC1=O. The Bertz CT molecular complexity index is 813. The van der Waals surface area contributed by atoms with Crippen LogP contribution in [0.15, 0.2) is 4.91 Å². The molecule has 6 nitrogen and oxygen atoms in total. The fourth-order valence-electron chi connectivity index (χ4n) is 2.46. The first-order valence-corrected chi connectivity index (χ1v) is 9.89. The van der Waals surface area contributed by atoms with Crippen molar-refractivity contribution in [3.05, 3.63) is 21.3 Å². The van der Waals surface area contributed by atoms with E-state index in [-0.39, 0.29) is 23.5 Å². The van der Waals surface area contributed by atoms with E-state index in [0.29, 0.717) is 32.1 Å². The number of halogens is 1. The highest BCUT2D eigenvalue weighted by atomic mass is 35.5. The van der Waals surface area contributed by atoms with Gasteiger partial charge in [0.05, 0.1) is 28.1 Å². The molecular weight excluding hydrogens is 366 g/mol. The number of aryl methyl sites for hydroxylation is 1. The van der Waals surface area contributed by atoms with Crippen LogP contribution < -0.4 is 5.32 Å². The number of nitrogens with one attached hydrogen (secondary N) is 1. The van der Waals surface area contributed by atoms with E-state index in [4.69, 9.17) is 23.8 Å². The highest BCUT2D eigenvalue weighted by Gasteiger charge is 2.32. The van der Waals surface area contributed by atoms with Crippen LogP contribution in [0.1, 0.15) is 23.7 Å². The van der Waals surface area contributed by atoms with Gasteiger partial charge in [0.2, 0.25) is 0 Å². The lowest BCUT2D eigenvalue weighted by Gasteiger charge is -2.09. The number of carbonyl (C=O) groups is 1. The first-order valence-electron chi connectivity index (χ1n) is 6.47. The highest BCUT2D eigenvalue weighted by Crippen LogP contribution is 2.33. The summed E-state index contributed by atoms with van der Waals surface area (Å²) in [4.78, 5) is 12.2. The minimum atomic E-state index is -3.02. The van der Waals surface area contributed by atoms with Crippen LogP contribution in [0.5, 0.6) is 0 Å². The van der Waals surface area contributed by atoms with Crippen molar-refractivity contribution in [3.8, 4) is 0 Å². The van der Waals surface area contributed by atoms with Crippen molar-refractivity contribution in [2.24, 2.45) is 0 Å².